The predicted molar refractivity (Wildman–Crippen MR) is 58.4 cm³/mol. The standard InChI is InChI=1S/C11H19N3/c1-9-7-11(13-14(9)2)12-8-10-5-3-4-6-10/h7,10H,3-6,8H2,1-2H3,(H,12,13). The highest BCUT2D eigenvalue weighted by molar-refractivity contribution is 5.35. The number of rotatable bonds is 3. The van der Waals surface area contributed by atoms with Gasteiger partial charge in [0.25, 0.3) is 0 Å². The predicted octanol–water partition coefficient (Wildman–Crippen LogP) is 2.33. The second kappa shape index (κ2) is 4.03. The van der Waals surface area contributed by atoms with Crippen molar-refractivity contribution in [2.24, 2.45) is 13.0 Å². The van der Waals surface area contributed by atoms with Crippen LogP contribution in [0, 0.1) is 12.8 Å². The van der Waals surface area contributed by atoms with Crippen molar-refractivity contribution in [2.75, 3.05) is 11.9 Å². The highest BCUT2D eigenvalue weighted by atomic mass is 15.3. The van der Waals surface area contributed by atoms with Crippen molar-refractivity contribution in [3.63, 3.8) is 0 Å². The van der Waals surface area contributed by atoms with Gasteiger partial charge < -0.3 is 5.32 Å². The Morgan fingerprint density at radius 2 is 2.21 bits per heavy atom. The summed E-state index contributed by atoms with van der Waals surface area (Å²) in [6, 6.07) is 2.11. The number of aryl methyl sites for hydroxylation is 2. The van der Waals surface area contributed by atoms with Crippen LogP contribution < -0.4 is 5.32 Å². The Morgan fingerprint density at radius 3 is 2.79 bits per heavy atom. The van der Waals surface area contributed by atoms with Crippen molar-refractivity contribution in [1.29, 1.82) is 0 Å². The van der Waals surface area contributed by atoms with E-state index in [1.165, 1.54) is 31.4 Å². The van der Waals surface area contributed by atoms with Crippen LogP contribution in [0.2, 0.25) is 0 Å². The summed E-state index contributed by atoms with van der Waals surface area (Å²) in [5.41, 5.74) is 1.21. The van der Waals surface area contributed by atoms with Crippen molar-refractivity contribution in [3.05, 3.63) is 11.8 Å². The van der Waals surface area contributed by atoms with Crippen LogP contribution in [-0.4, -0.2) is 16.3 Å². The Balaban J connectivity index is 1.85. The highest BCUT2D eigenvalue weighted by Crippen LogP contribution is 2.24. The zero-order valence-corrected chi connectivity index (χ0v) is 9.08. The fourth-order valence-electron chi connectivity index (χ4n) is 2.11. The molecule has 0 bridgehead atoms. The van der Waals surface area contributed by atoms with Gasteiger partial charge in [0.2, 0.25) is 0 Å². The average molecular weight is 193 g/mol. The molecule has 0 unspecified atom stereocenters. The number of aromatic nitrogens is 2. The Morgan fingerprint density at radius 1 is 1.50 bits per heavy atom. The third-order valence-corrected chi connectivity index (χ3v) is 3.16. The van der Waals surface area contributed by atoms with Gasteiger partial charge in [-0.05, 0) is 25.7 Å². The molecule has 2 rings (SSSR count). The number of anilines is 1. The lowest BCUT2D eigenvalue weighted by Gasteiger charge is -2.08. The number of hydrogen-bond donors (Lipinski definition) is 1. The fraction of sp³-hybridized carbons (Fsp3) is 0.727. The minimum absolute atomic E-state index is 0.873. The minimum Gasteiger partial charge on any atom is -0.368 e. The topological polar surface area (TPSA) is 29.9 Å². The number of hydrogen-bond acceptors (Lipinski definition) is 2. The van der Waals surface area contributed by atoms with Crippen molar-refractivity contribution < 1.29 is 0 Å². The van der Waals surface area contributed by atoms with Gasteiger partial charge in [-0.25, -0.2) is 0 Å². The van der Waals surface area contributed by atoms with E-state index in [9.17, 15) is 0 Å². The molecular formula is C11H19N3. The first-order valence-corrected chi connectivity index (χ1v) is 5.50. The summed E-state index contributed by atoms with van der Waals surface area (Å²) in [6.07, 6.45) is 5.60. The summed E-state index contributed by atoms with van der Waals surface area (Å²) in [5, 5.41) is 7.79. The van der Waals surface area contributed by atoms with Gasteiger partial charge in [0.05, 0.1) is 0 Å². The van der Waals surface area contributed by atoms with E-state index >= 15 is 0 Å². The SMILES string of the molecule is Cc1cc(NCC2CCCC2)nn1C. The monoisotopic (exact) mass is 193 g/mol. The molecule has 1 heterocycles. The van der Waals surface area contributed by atoms with Crippen LogP contribution in [0.1, 0.15) is 31.4 Å². The Hall–Kier alpha value is -0.990. The van der Waals surface area contributed by atoms with Crippen molar-refractivity contribution in [1.82, 2.24) is 9.78 Å². The van der Waals surface area contributed by atoms with Crippen LogP contribution in [0.4, 0.5) is 5.82 Å². The molecule has 1 aromatic heterocycles. The molecule has 1 aromatic rings. The van der Waals surface area contributed by atoms with E-state index < -0.39 is 0 Å². The molecular weight excluding hydrogens is 174 g/mol. The molecule has 3 heteroatoms. The molecule has 0 saturated heterocycles. The van der Waals surface area contributed by atoms with Gasteiger partial charge in [0.15, 0.2) is 0 Å². The summed E-state index contributed by atoms with van der Waals surface area (Å²) in [4.78, 5) is 0. The van der Waals surface area contributed by atoms with Gasteiger partial charge in [-0.1, -0.05) is 12.8 Å². The molecule has 14 heavy (non-hydrogen) atoms. The van der Waals surface area contributed by atoms with Crippen LogP contribution >= 0.6 is 0 Å². The Bertz CT molecular complexity index is 278. The molecule has 0 aromatic carbocycles. The molecule has 78 valence electrons. The molecule has 1 fully saturated rings. The maximum absolute atomic E-state index is 4.38. The lowest BCUT2D eigenvalue weighted by molar-refractivity contribution is 0.578. The summed E-state index contributed by atoms with van der Waals surface area (Å²) in [6.45, 7) is 3.17. The van der Waals surface area contributed by atoms with Crippen LogP contribution in [0.15, 0.2) is 6.07 Å². The quantitative estimate of drug-likeness (QED) is 0.798. The molecule has 0 atom stereocenters. The number of nitrogens with one attached hydrogen (secondary N) is 1. The van der Waals surface area contributed by atoms with E-state index in [4.69, 9.17) is 0 Å². The van der Waals surface area contributed by atoms with Crippen molar-refractivity contribution in [2.45, 2.75) is 32.6 Å². The summed E-state index contributed by atoms with van der Waals surface area (Å²) in [5.74, 6) is 1.90. The normalized spacial score (nSPS) is 17.6. The molecule has 1 aliphatic rings. The summed E-state index contributed by atoms with van der Waals surface area (Å²) >= 11 is 0. The maximum Gasteiger partial charge on any atom is 0.148 e. The zero-order chi connectivity index (χ0) is 9.97. The highest BCUT2D eigenvalue weighted by Gasteiger charge is 2.14. The van der Waals surface area contributed by atoms with E-state index in [2.05, 4.69) is 23.4 Å². The molecule has 1 saturated carbocycles. The largest absolute Gasteiger partial charge is 0.368 e. The fourth-order valence-corrected chi connectivity index (χ4v) is 2.11. The van der Waals surface area contributed by atoms with Gasteiger partial charge in [0.1, 0.15) is 5.82 Å². The van der Waals surface area contributed by atoms with Crippen LogP contribution in [0.3, 0.4) is 0 Å². The third kappa shape index (κ3) is 2.08. The second-order valence-corrected chi connectivity index (χ2v) is 4.33. The molecule has 1 aliphatic carbocycles. The van der Waals surface area contributed by atoms with Gasteiger partial charge >= 0.3 is 0 Å². The van der Waals surface area contributed by atoms with Crippen molar-refractivity contribution >= 4 is 5.82 Å². The molecule has 1 N–H and O–H groups in total. The van der Waals surface area contributed by atoms with Gasteiger partial charge in [-0.15, -0.1) is 0 Å². The second-order valence-electron chi connectivity index (χ2n) is 4.33. The lowest BCUT2D eigenvalue weighted by Crippen LogP contribution is -2.11. The molecule has 0 spiro atoms. The van der Waals surface area contributed by atoms with E-state index in [-0.39, 0.29) is 0 Å². The van der Waals surface area contributed by atoms with E-state index in [0.29, 0.717) is 0 Å². The van der Waals surface area contributed by atoms with E-state index in [1.807, 2.05) is 11.7 Å². The van der Waals surface area contributed by atoms with E-state index in [0.717, 1.165) is 18.3 Å². The summed E-state index contributed by atoms with van der Waals surface area (Å²) < 4.78 is 1.91. The average Bonchev–Trinajstić information content (AvgIpc) is 2.74. The van der Waals surface area contributed by atoms with Crippen molar-refractivity contribution in [3.8, 4) is 0 Å². The zero-order valence-electron chi connectivity index (χ0n) is 9.08. The summed E-state index contributed by atoms with van der Waals surface area (Å²) in [7, 11) is 1.98. The van der Waals surface area contributed by atoms with Crippen LogP contribution in [0.25, 0.3) is 0 Å². The first-order chi connectivity index (χ1) is 6.75. The molecule has 0 aliphatic heterocycles. The van der Waals surface area contributed by atoms with E-state index in [1.54, 1.807) is 0 Å². The number of nitrogens with zero attached hydrogens (tertiary/aromatic N) is 2. The molecule has 0 amide bonds. The molecule has 3 nitrogen and oxygen atoms in total. The lowest BCUT2D eigenvalue weighted by atomic mass is 10.1. The van der Waals surface area contributed by atoms with Gasteiger partial charge in [-0.3, -0.25) is 4.68 Å². The first-order valence-electron chi connectivity index (χ1n) is 5.50. The first kappa shape index (κ1) is 9.56. The molecule has 0 radical (unpaired) electrons. The maximum atomic E-state index is 4.38. The Labute approximate surface area is 85.5 Å². The van der Waals surface area contributed by atoms with Gasteiger partial charge in [0, 0.05) is 25.4 Å². The van der Waals surface area contributed by atoms with Crippen LogP contribution in [-0.2, 0) is 7.05 Å². The van der Waals surface area contributed by atoms with Gasteiger partial charge in [-0.2, -0.15) is 5.10 Å². The third-order valence-electron chi connectivity index (χ3n) is 3.16. The minimum atomic E-state index is 0.873. The van der Waals surface area contributed by atoms with Crippen LogP contribution in [0.5, 0.6) is 0 Å². The smallest absolute Gasteiger partial charge is 0.148 e. The Kier molecular flexibility index (Phi) is 2.75.